The Kier molecular flexibility index (Phi) is 4.33. The van der Waals surface area contributed by atoms with Crippen LogP contribution in [-0.4, -0.2) is 31.7 Å². The van der Waals surface area contributed by atoms with Crippen LogP contribution >= 0.6 is 0 Å². The fraction of sp³-hybridized carbons (Fsp3) is 0.375. The third kappa shape index (κ3) is 3.81. The molecule has 0 fully saturated rings. The monoisotopic (exact) mass is 323 g/mol. The molecule has 0 radical (unpaired) electrons. The summed E-state index contributed by atoms with van der Waals surface area (Å²) < 4.78 is 0. The molecule has 0 saturated carbocycles. The zero-order valence-corrected chi connectivity index (χ0v) is 13.3. The van der Waals surface area contributed by atoms with Gasteiger partial charge in [0.15, 0.2) is 11.5 Å². The Labute approximate surface area is 139 Å². The molecule has 1 amide bonds. The summed E-state index contributed by atoms with van der Waals surface area (Å²) in [5.74, 6) is 4.18. The summed E-state index contributed by atoms with van der Waals surface area (Å²) in [4.78, 5) is 20.5. The maximum atomic E-state index is 12.1. The highest BCUT2D eigenvalue weighted by Gasteiger charge is 2.39. The second kappa shape index (κ2) is 6.58. The molecule has 0 atom stereocenters. The van der Waals surface area contributed by atoms with Gasteiger partial charge >= 0.3 is 0 Å². The van der Waals surface area contributed by atoms with Crippen molar-refractivity contribution in [2.75, 3.05) is 5.32 Å². The number of amides is 1. The Morgan fingerprint density at radius 3 is 2.92 bits per heavy atom. The van der Waals surface area contributed by atoms with Crippen molar-refractivity contribution in [2.24, 2.45) is 10.2 Å². The normalized spacial score (nSPS) is 14.2. The van der Waals surface area contributed by atoms with Gasteiger partial charge in [-0.2, -0.15) is 15.3 Å². The maximum Gasteiger partial charge on any atom is 0.225 e. The van der Waals surface area contributed by atoms with Crippen molar-refractivity contribution >= 4 is 11.7 Å². The average molecular weight is 323 g/mol. The number of carbonyl (C=O) groups excluding carboxylic acids is 1. The second-order valence-corrected chi connectivity index (χ2v) is 5.61. The lowest BCUT2D eigenvalue weighted by Crippen LogP contribution is -2.18. The summed E-state index contributed by atoms with van der Waals surface area (Å²) in [5, 5.41) is 17.7. The molecule has 24 heavy (non-hydrogen) atoms. The molecule has 1 aliphatic heterocycles. The summed E-state index contributed by atoms with van der Waals surface area (Å²) in [7, 11) is 0. The van der Waals surface area contributed by atoms with Crippen molar-refractivity contribution in [2.45, 2.75) is 38.3 Å². The zero-order chi connectivity index (χ0) is 17.0. The largest absolute Gasteiger partial charge is 0.311 e. The van der Waals surface area contributed by atoms with Crippen LogP contribution in [0.15, 0.2) is 28.6 Å². The summed E-state index contributed by atoms with van der Waals surface area (Å²) in [6.45, 7) is 1.82. The highest BCUT2D eigenvalue weighted by atomic mass is 16.1. The van der Waals surface area contributed by atoms with Crippen LogP contribution in [0, 0.1) is 19.3 Å². The minimum Gasteiger partial charge on any atom is -0.311 e. The molecule has 0 aromatic carbocycles. The number of hydrogen-bond donors (Lipinski definition) is 2. The van der Waals surface area contributed by atoms with Gasteiger partial charge in [0.25, 0.3) is 0 Å². The van der Waals surface area contributed by atoms with Crippen LogP contribution < -0.4 is 5.32 Å². The molecule has 8 nitrogen and oxygen atoms in total. The minimum absolute atomic E-state index is 0.136. The van der Waals surface area contributed by atoms with Crippen LogP contribution in [0.4, 0.5) is 5.82 Å². The Morgan fingerprint density at radius 2 is 2.25 bits per heavy atom. The molecule has 1 aliphatic rings. The molecule has 122 valence electrons. The van der Waals surface area contributed by atoms with Gasteiger partial charge in [-0.25, -0.2) is 9.97 Å². The van der Waals surface area contributed by atoms with E-state index in [-0.39, 0.29) is 5.91 Å². The lowest BCUT2D eigenvalue weighted by molar-refractivity contribution is -0.116. The number of aromatic nitrogens is 4. The fourth-order valence-corrected chi connectivity index (χ4v) is 2.30. The maximum absolute atomic E-state index is 12.1. The number of aryl methyl sites for hydroxylation is 1. The Bertz CT molecular complexity index is 812. The first-order valence-electron chi connectivity index (χ1n) is 7.63. The SMILES string of the molecule is C#CCCC1(CCC(=O)Nc2cc(-c3n[nH]c(C)n3)ccn2)N=N1. The van der Waals surface area contributed by atoms with Crippen LogP contribution in [0.3, 0.4) is 0 Å². The Hall–Kier alpha value is -3.08. The van der Waals surface area contributed by atoms with Crippen molar-refractivity contribution < 1.29 is 4.79 Å². The molecule has 0 aliphatic carbocycles. The average Bonchev–Trinajstić information content (AvgIpc) is 3.23. The molecule has 3 rings (SSSR count). The van der Waals surface area contributed by atoms with E-state index in [4.69, 9.17) is 6.42 Å². The number of carbonyl (C=O) groups is 1. The molecular weight excluding hydrogens is 306 g/mol. The highest BCUT2D eigenvalue weighted by Crippen LogP contribution is 2.37. The number of anilines is 1. The first-order valence-corrected chi connectivity index (χ1v) is 7.63. The standard InChI is InChI=1S/C16H17N7O/c1-3-4-7-16(22-23-16)8-5-14(24)19-13-10-12(6-9-17-13)15-18-11(2)20-21-15/h1,6,9-10H,4-5,7-8H2,2H3,(H,17,19,24)(H,18,20,21). The molecule has 0 saturated heterocycles. The van der Waals surface area contributed by atoms with E-state index in [9.17, 15) is 4.79 Å². The quantitative estimate of drug-likeness (QED) is 0.763. The van der Waals surface area contributed by atoms with Crippen LogP contribution in [0.1, 0.15) is 31.5 Å². The molecule has 0 bridgehead atoms. The predicted octanol–water partition coefficient (Wildman–Crippen LogP) is 2.47. The lowest BCUT2D eigenvalue weighted by Gasteiger charge is -2.09. The number of H-pyrrole nitrogens is 1. The first kappa shape index (κ1) is 15.8. The number of hydrogen-bond acceptors (Lipinski definition) is 6. The van der Waals surface area contributed by atoms with Crippen LogP contribution in [0.5, 0.6) is 0 Å². The second-order valence-electron chi connectivity index (χ2n) is 5.61. The van der Waals surface area contributed by atoms with Crippen molar-refractivity contribution in [3.8, 4) is 23.7 Å². The highest BCUT2D eigenvalue weighted by molar-refractivity contribution is 5.90. The van der Waals surface area contributed by atoms with Crippen molar-refractivity contribution in [3.05, 3.63) is 24.2 Å². The number of terminal acetylenes is 1. The van der Waals surface area contributed by atoms with Gasteiger partial charge < -0.3 is 5.32 Å². The minimum atomic E-state index is -0.449. The summed E-state index contributed by atoms with van der Waals surface area (Å²) in [6, 6.07) is 3.52. The number of nitrogens with one attached hydrogen (secondary N) is 2. The van der Waals surface area contributed by atoms with Gasteiger partial charge in [-0.05, 0) is 19.1 Å². The predicted molar refractivity (Wildman–Crippen MR) is 87.9 cm³/mol. The lowest BCUT2D eigenvalue weighted by atomic mass is 10.0. The number of pyridine rings is 1. The smallest absolute Gasteiger partial charge is 0.225 e. The molecule has 3 heterocycles. The Balaban J connectivity index is 1.56. The van der Waals surface area contributed by atoms with E-state index in [1.807, 2.05) is 6.92 Å². The van der Waals surface area contributed by atoms with Gasteiger partial charge in [-0.1, -0.05) is 0 Å². The third-order valence-corrected chi connectivity index (χ3v) is 3.69. The molecule has 2 N–H and O–H groups in total. The van der Waals surface area contributed by atoms with Crippen LogP contribution in [0.2, 0.25) is 0 Å². The van der Waals surface area contributed by atoms with E-state index in [1.165, 1.54) is 0 Å². The summed E-state index contributed by atoms with van der Waals surface area (Å²) in [5.41, 5.74) is 0.331. The van der Waals surface area contributed by atoms with Gasteiger partial charge in [0.2, 0.25) is 5.91 Å². The van der Waals surface area contributed by atoms with Gasteiger partial charge in [-0.15, -0.1) is 12.3 Å². The molecule has 0 spiro atoms. The van der Waals surface area contributed by atoms with E-state index in [0.29, 0.717) is 37.3 Å². The van der Waals surface area contributed by atoms with Gasteiger partial charge in [0.05, 0.1) is 0 Å². The van der Waals surface area contributed by atoms with E-state index < -0.39 is 5.66 Å². The molecule has 8 heteroatoms. The number of nitrogens with zero attached hydrogens (tertiary/aromatic N) is 5. The number of aromatic amines is 1. The van der Waals surface area contributed by atoms with Crippen molar-refractivity contribution in [3.63, 3.8) is 0 Å². The molecule has 2 aromatic rings. The Morgan fingerprint density at radius 1 is 1.42 bits per heavy atom. The van der Waals surface area contributed by atoms with E-state index in [1.54, 1.807) is 18.3 Å². The van der Waals surface area contributed by atoms with E-state index in [2.05, 4.69) is 41.6 Å². The number of rotatable bonds is 7. The van der Waals surface area contributed by atoms with Crippen LogP contribution in [0.25, 0.3) is 11.4 Å². The van der Waals surface area contributed by atoms with Gasteiger partial charge in [0, 0.05) is 37.4 Å². The summed E-state index contributed by atoms with van der Waals surface area (Å²) >= 11 is 0. The van der Waals surface area contributed by atoms with Gasteiger partial charge in [-0.3, -0.25) is 9.89 Å². The van der Waals surface area contributed by atoms with Crippen molar-refractivity contribution in [1.82, 2.24) is 20.2 Å². The zero-order valence-electron chi connectivity index (χ0n) is 13.3. The van der Waals surface area contributed by atoms with E-state index >= 15 is 0 Å². The summed E-state index contributed by atoms with van der Waals surface area (Å²) in [6.07, 6.45) is 9.02. The van der Waals surface area contributed by atoms with Gasteiger partial charge in [0.1, 0.15) is 11.6 Å². The van der Waals surface area contributed by atoms with E-state index in [0.717, 1.165) is 11.4 Å². The molecule has 2 aromatic heterocycles. The molecule has 0 unspecified atom stereocenters. The van der Waals surface area contributed by atoms with Crippen LogP contribution in [-0.2, 0) is 4.79 Å². The third-order valence-electron chi connectivity index (χ3n) is 3.69. The first-order chi connectivity index (χ1) is 11.6. The molecular formula is C16H17N7O. The topological polar surface area (TPSA) is 108 Å². The van der Waals surface area contributed by atoms with Crippen molar-refractivity contribution in [1.29, 1.82) is 0 Å². The fourth-order valence-electron chi connectivity index (χ4n) is 2.30.